The van der Waals surface area contributed by atoms with Crippen LogP contribution < -0.4 is 0 Å². The van der Waals surface area contributed by atoms with Gasteiger partial charge in [0.05, 0.1) is 0 Å². The van der Waals surface area contributed by atoms with Gasteiger partial charge in [-0.05, 0) is 34.7 Å². The molecule has 0 aliphatic heterocycles. The SMILES string of the molecule is Ic1cccc(-c2ncn[nH]2)c1. The summed E-state index contributed by atoms with van der Waals surface area (Å²) in [7, 11) is 0. The first kappa shape index (κ1) is 7.72. The second-order valence-electron chi connectivity index (χ2n) is 2.34. The minimum absolute atomic E-state index is 0.813. The molecule has 60 valence electrons. The van der Waals surface area contributed by atoms with E-state index in [-0.39, 0.29) is 0 Å². The molecule has 0 radical (unpaired) electrons. The van der Waals surface area contributed by atoms with E-state index >= 15 is 0 Å². The lowest BCUT2D eigenvalue weighted by molar-refractivity contribution is 1.09. The Kier molecular flexibility index (Phi) is 2.07. The molecule has 0 aliphatic carbocycles. The number of hydrogen-bond acceptors (Lipinski definition) is 2. The molecule has 0 saturated heterocycles. The normalized spacial score (nSPS) is 10.1. The highest BCUT2D eigenvalue weighted by molar-refractivity contribution is 14.1. The first-order valence-electron chi connectivity index (χ1n) is 3.47. The molecule has 0 fully saturated rings. The number of halogens is 1. The summed E-state index contributed by atoms with van der Waals surface area (Å²) in [5.74, 6) is 0.813. The number of rotatable bonds is 1. The maximum Gasteiger partial charge on any atom is 0.155 e. The van der Waals surface area contributed by atoms with Crippen LogP contribution in [0.5, 0.6) is 0 Å². The van der Waals surface area contributed by atoms with Crippen molar-refractivity contribution < 1.29 is 0 Å². The molecule has 3 nitrogen and oxygen atoms in total. The summed E-state index contributed by atoms with van der Waals surface area (Å²) in [6, 6.07) is 8.10. The van der Waals surface area contributed by atoms with Crippen LogP contribution >= 0.6 is 22.6 Å². The van der Waals surface area contributed by atoms with Gasteiger partial charge in [0.1, 0.15) is 6.33 Å². The Hall–Kier alpha value is -0.910. The van der Waals surface area contributed by atoms with Gasteiger partial charge in [-0.2, -0.15) is 5.10 Å². The van der Waals surface area contributed by atoms with Gasteiger partial charge in [-0.25, -0.2) is 4.98 Å². The predicted molar refractivity (Wildman–Crippen MR) is 54.5 cm³/mol. The first-order valence-corrected chi connectivity index (χ1v) is 4.55. The third-order valence-corrected chi connectivity index (χ3v) is 2.18. The second kappa shape index (κ2) is 3.22. The molecule has 1 aromatic heterocycles. The van der Waals surface area contributed by atoms with E-state index in [0.29, 0.717) is 0 Å². The van der Waals surface area contributed by atoms with Crippen LogP contribution in [0.2, 0.25) is 0 Å². The third-order valence-electron chi connectivity index (χ3n) is 1.51. The van der Waals surface area contributed by atoms with Crippen LogP contribution in [0.4, 0.5) is 0 Å². The van der Waals surface area contributed by atoms with Gasteiger partial charge in [0.15, 0.2) is 5.82 Å². The minimum Gasteiger partial charge on any atom is -0.259 e. The van der Waals surface area contributed by atoms with Crippen LogP contribution in [0.3, 0.4) is 0 Å². The molecule has 4 heteroatoms. The standard InChI is InChI=1S/C8H6IN3/c9-7-3-1-2-6(4-7)8-10-5-11-12-8/h1-5H,(H,10,11,12). The number of hydrogen-bond donors (Lipinski definition) is 1. The summed E-state index contributed by atoms with van der Waals surface area (Å²) >= 11 is 2.27. The summed E-state index contributed by atoms with van der Waals surface area (Å²) in [5.41, 5.74) is 1.07. The maximum absolute atomic E-state index is 4.06. The van der Waals surface area contributed by atoms with E-state index < -0.39 is 0 Å². The van der Waals surface area contributed by atoms with Crippen LogP contribution in [-0.2, 0) is 0 Å². The monoisotopic (exact) mass is 271 g/mol. The number of aromatic nitrogens is 3. The highest BCUT2D eigenvalue weighted by Gasteiger charge is 1.98. The molecule has 0 saturated carbocycles. The van der Waals surface area contributed by atoms with Crippen molar-refractivity contribution in [1.82, 2.24) is 15.2 Å². The zero-order valence-electron chi connectivity index (χ0n) is 6.16. The summed E-state index contributed by atoms with van der Waals surface area (Å²) < 4.78 is 1.20. The minimum atomic E-state index is 0.813. The molecule has 0 amide bonds. The van der Waals surface area contributed by atoms with Gasteiger partial charge in [-0.1, -0.05) is 12.1 Å². The smallest absolute Gasteiger partial charge is 0.155 e. The molecule has 0 spiro atoms. The molecule has 1 heterocycles. The van der Waals surface area contributed by atoms with E-state index in [4.69, 9.17) is 0 Å². The molecule has 2 aromatic rings. The van der Waals surface area contributed by atoms with E-state index in [1.165, 1.54) is 9.90 Å². The van der Waals surface area contributed by atoms with Crippen LogP contribution in [0.1, 0.15) is 0 Å². The van der Waals surface area contributed by atoms with Crippen LogP contribution in [-0.4, -0.2) is 15.2 Å². The van der Waals surface area contributed by atoms with E-state index in [1.807, 2.05) is 18.2 Å². The zero-order chi connectivity index (χ0) is 8.39. The van der Waals surface area contributed by atoms with Gasteiger partial charge in [0.2, 0.25) is 0 Å². The van der Waals surface area contributed by atoms with Crippen molar-refractivity contribution in [1.29, 1.82) is 0 Å². The lowest BCUT2D eigenvalue weighted by Crippen LogP contribution is -1.80. The number of nitrogens with zero attached hydrogens (tertiary/aromatic N) is 2. The molecule has 1 aromatic carbocycles. The Morgan fingerprint density at radius 3 is 2.92 bits per heavy atom. The Labute approximate surface area is 83.4 Å². The van der Waals surface area contributed by atoms with Crippen LogP contribution in [0, 0.1) is 3.57 Å². The largest absolute Gasteiger partial charge is 0.259 e. The Morgan fingerprint density at radius 2 is 2.25 bits per heavy atom. The average molecular weight is 271 g/mol. The summed E-state index contributed by atoms with van der Waals surface area (Å²) in [6.45, 7) is 0. The van der Waals surface area contributed by atoms with Gasteiger partial charge in [0.25, 0.3) is 0 Å². The van der Waals surface area contributed by atoms with E-state index in [0.717, 1.165) is 11.4 Å². The van der Waals surface area contributed by atoms with Gasteiger partial charge < -0.3 is 0 Å². The van der Waals surface area contributed by atoms with Crippen molar-refractivity contribution in [3.63, 3.8) is 0 Å². The summed E-state index contributed by atoms with van der Waals surface area (Å²) in [5, 5.41) is 6.61. The highest BCUT2D eigenvalue weighted by atomic mass is 127. The summed E-state index contributed by atoms with van der Waals surface area (Å²) in [4.78, 5) is 4.06. The zero-order valence-corrected chi connectivity index (χ0v) is 8.32. The Morgan fingerprint density at radius 1 is 1.33 bits per heavy atom. The van der Waals surface area contributed by atoms with Crippen molar-refractivity contribution in [3.05, 3.63) is 34.2 Å². The van der Waals surface area contributed by atoms with Gasteiger partial charge in [0, 0.05) is 9.13 Å². The number of aromatic amines is 1. The Balaban J connectivity index is 2.48. The maximum atomic E-state index is 4.06. The fourth-order valence-corrected chi connectivity index (χ4v) is 1.52. The highest BCUT2D eigenvalue weighted by Crippen LogP contribution is 2.15. The molecular formula is C8H6IN3. The van der Waals surface area contributed by atoms with Crippen molar-refractivity contribution in [3.8, 4) is 11.4 Å². The van der Waals surface area contributed by atoms with E-state index in [2.05, 4.69) is 43.8 Å². The number of nitrogens with one attached hydrogen (secondary N) is 1. The average Bonchev–Trinajstić information content (AvgIpc) is 2.56. The molecule has 12 heavy (non-hydrogen) atoms. The lowest BCUT2D eigenvalue weighted by Gasteiger charge is -1.95. The van der Waals surface area contributed by atoms with Crippen molar-refractivity contribution >= 4 is 22.6 Å². The first-order chi connectivity index (χ1) is 5.86. The molecule has 0 bridgehead atoms. The quantitative estimate of drug-likeness (QED) is 0.807. The van der Waals surface area contributed by atoms with Gasteiger partial charge in [-0.15, -0.1) is 0 Å². The fraction of sp³-hybridized carbons (Fsp3) is 0. The van der Waals surface area contributed by atoms with Crippen LogP contribution in [0.15, 0.2) is 30.6 Å². The molecular weight excluding hydrogens is 265 g/mol. The topological polar surface area (TPSA) is 41.6 Å². The molecule has 0 unspecified atom stereocenters. The second-order valence-corrected chi connectivity index (χ2v) is 3.59. The lowest BCUT2D eigenvalue weighted by atomic mass is 10.2. The fourth-order valence-electron chi connectivity index (χ4n) is 0.980. The Bertz CT molecular complexity index is 370. The third kappa shape index (κ3) is 1.47. The van der Waals surface area contributed by atoms with E-state index in [9.17, 15) is 0 Å². The number of benzene rings is 1. The molecule has 0 aliphatic rings. The molecule has 0 atom stereocenters. The molecule has 1 N–H and O–H groups in total. The number of H-pyrrole nitrogens is 1. The van der Waals surface area contributed by atoms with Crippen molar-refractivity contribution in [2.24, 2.45) is 0 Å². The van der Waals surface area contributed by atoms with Crippen molar-refractivity contribution in [2.75, 3.05) is 0 Å². The molecule has 2 rings (SSSR count). The van der Waals surface area contributed by atoms with E-state index in [1.54, 1.807) is 0 Å². The van der Waals surface area contributed by atoms with Gasteiger partial charge >= 0.3 is 0 Å². The van der Waals surface area contributed by atoms with Gasteiger partial charge in [-0.3, -0.25) is 5.10 Å². The van der Waals surface area contributed by atoms with Crippen LogP contribution in [0.25, 0.3) is 11.4 Å². The van der Waals surface area contributed by atoms with Crippen molar-refractivity contribution in [2.45, 2.75) is 0 Å². The predicted octanol–water partition coefficient (Wildman–Crippen LogP) is 2.08. The summed E-state index contributed by atoms with van der Waals surface area (Å²) in [6.07, 6.45) is 1.51.